The summed E-state index contributed by atoms with van der Waals surface area (Å²) in [7, 11) is 1.64. The number of nitrogens with zero attached hydrogens (tertiary/aromatic N) is 2. The van der Waals surface area contributed by atoms with Crippen LogP contribution in [0, 0.1) is 0 Å². The number of carbonyl (C=O) groups excluding carboxylic acids is 1. The van der Waals surface area contributed by atoms with Crippen LogP contribution in [0.4, 0.5) is 11.4 Å². The normalized spacial score (nSPS) is 30.6. The number of nitrogens with one attached hydrogen (secondary N) is 1. The van der Waals surface area contributed by atoms with Crippen molar-refractivity contribution < 1.29 is 14.6 Å². The smallest absolute Gasteiger partial charge is 0.183 e. The van der Waals surface area contributed by atoms with Gasteiger partial charge in [0, 0.05) is 42.5 Å². The number of fused-ring (bicyclic) bond motifs is 3. The molecule has 0 saturated heterocycles. The van der Waals surface area contributed by atoms with E-state index in [4.69, 9.17) is 9.73 Å². The number of anilines is 1. The number of Topliss-reactive ketones (excluding diaryl/α,β-unsaturated/α-hetero) is 1. The molecule has 0 amide bonds. The molecule has 0 fully saturated rings. The minimum atomic E-state index is -0.488. The van der Waals surface area contributed by atoms with E-state index in [1.165, 1.54) is 0 Å². The fraction of sp³-hybridized carbons (Fsp3) is 0.421. The van der Waals surface area contributed by atoms with E-state index >= 15 is 0 Å². The summed E-state index contributed by atoms with van der Waals surface area (Å²) in [6, 6.07) is 0. The van der Waals surface area contributed by atoms with Crippen molar-refractivity contribution in [3.05, 3.63) is 26.7 Å². The summed E-state index contributed by atoms with van der Waals surface area (Å²) in [4.78, 5) is 21.3. The topological polar surface area (TPSA) is 83.3 Å². The molecule has 1 aliphatic carbocycles. The van der Waals surface area contributed by atoms with Crippen LogP contribution in [0.25, 0.3) is 5.57 Å². The summed E-state index contributed by atoms with van der Waals surface area (Å²) in [5.74, 6) is 0.155. The van der Waals surface area contributed by atoms with Crippen LogP contribution in [0.15, 0.2) is 20.5 Å². The highest BCUT2D eigenvalue weighted by Crippen LogP contribution is 2.51. The molecule has 3 atom stereocenters. The SMILES string of the molecule is COC1CC2(C=C(Br)C(=O)C(Br)C2)c2c(c(O)c3c4c2=NCCC=4C=N3)N1. The van der Waals surface area contributed by atoms with Crippen molar-refractivity contribution in [2.75, 3.05) is 19.0 Å². The van der Waals surface area contributed by atoms with E-state index in [9.17, 15) is 9.90 Å². The van der Waals surface area contributed by atoms with Gasteiger partial charge in [-0.2, -0.15) is 0 Å². The zero-order valence-corrected chi connectivity index (χ0v) is 17.7. The van der Waals surface area contributed by atoms with E-state index in [2.05, 4.69) is 42.2 Å². The molecule has 0 bridgehead atoms. The summed E-state index contributed by atoms with van der Waals surface area (Å²) in [6.45, 7) is 0.691. The standard InChI is InChI=1S/C19H17Br2N3O3/c1-27-11-6-19(4-9(20)17(25)10(21)5-19)13-14-12-8(2-3-22-14)7-23-15(12)18(26)16(13)24-11/h4,7,10-11,24,26H,2-3,5-6H2,1H3. The molecule has 5 rings (SSSR count). The van der Waals surface area contributed by atoms with Gasteiger partial charge in [0.25, 0.3) is 0 Å². The molecule has 4 aliphatic rings. The lowest BCUT2D eigenvalue weighted by Crippen LogP contribution is -2.50. The number of ketones is 1. The van der Waals surface area contributed by atoms with Crippen LogP contribution in [-0.2, 0) is 14.9 Å². The highest BCUT2D eigenvalue weighted by atomic mass is 79.9. The molecule has 0 radical (unpaired) electrons. The highest BCUT2D eigenvalue weighted by Gasteiger charge is 2.48. The summed E-state index contributed by atoms with van der Waals surface area (Å²) in [5.41, 5.74) is 2.74. The Morgan fingerprint density at radius 2 is 2.22 bits per heavy atom. The molecule has 1 aromatic carbocycles. The molecule has 8 heteroatoms. The number of alkyl halides is 1. The largest absolute Gasteiger partial charge is 0.504 e. The number of carbonyl (C=O) groups is 1. The van der Waals surface area contributed by atoms with Crippen molar-refractivity contribution >= 4 is 60.8 Å². The van der Waals surface area contributed by atoms with Crippen molar-refractivity contribution in [2.24, 2.45) is 9.98 Å². The molecular formula is C19H17Br2N3O3. The molecule has 140 valence electrons. The Labute approximate surface area is 172 Å². The van der Waals surface area contributed by atoms with Crippen molar-refractivity contribution in [1.29, 1.82) is 0 Å². The van der Waals surface area contributed by atoms with Crippen LogP contribution in [0.2, 0.25) is 0 Å². The van der Waals surface area contributed by atoms with Gasteiger partial charge in [-0.05, 0) is 34.3 Å². The quantitative estimate of drug-likeness (QED) is 0.463. The van der Waals surface area contributed by atoms with E-state index in [0.717, 1.165) is 28.1 Å². The predicted octanol–water partition coefficient (Wildman–Crippen LogP) is 2.32. The lowest BCUT2D eigenvalue weighted by molar-refractivity contribution is -0.115. The van der Waals surface area contributed by atoms with Crippen LogP contribution >= 0.6 is 31.9 Å². The van der Waals surface area contributed by atoms with Crippen molar-refractivity contribution in [2.45, 2.75) is 35.7 Å². The Balaban J connectivity index is 1.90. The van der Waals surface area contributed by atoms with Crippen LogP contribution in [0.1, 0.15) is 24.8 Å². The Bertz CT molecular complexity index is 1080. The first kappa shape index (κ1) is 17.6. The van der Waals surface area contributed by atoms with Gasteiger partial charge < -0.3 is 15.2 Å². The van der Waals surface area contributed by atoms with Gasteiger partial charge in [0.05, 0.1) is 20.4 Å². The third-order valence-corrected chi connectivity index (χ3v) is 7.21. The van der Waals surface area contributed by atoms with Gasteiger partial charge >= 0.3 is 0 Å². The first-order valence-electron chi connectivity index (χ1n) is 8.82. The van der Waals surface area contributed by atoms with Crippen molar-refractivity contribution in [1.82, 2.24) is 0 Å². The van der Waals surface area contributed by atoms with E-state index in [1.807, 2.05) is 12.3 Å². The number of aromatic hydroxyl groups is 1. The average Bonchev–Trinajstić information content (AvgIpc) is 3.09. The molecule has 0 saturated carbocycles. The Hall–Kier alpha value is -1.51. The Morgan fingerprint density at radius 1 is 1.41 bits per heavy atom. The molecule has 3 unspecified atom stereocenters. The van der Waals surface area contributed by atoms with Crippen molar-refractivity contribution in [3.8, 4) is 5.75 Å². The highest BCUT2D eigenvalue weighted by molar-refractivity contribution is 9.12. The Morgan fingerprint density at radius 3 is 2.96 bits per heavy atom. The second-order valence-corrected chi connectivity index (χ2v) is 9.30. The van der Waals surface area contributed by atoms with Crippen LogP contribution < -0.4 is 15.9 Å². The maximum Gasteiger partial charge on any atom is 0.183 e. The number of aliphatic imine (C=N–C) groups is 1. The minimum Gasteiger partial charge on any atom is -0.504 e. The van der Waals surface area contributed by atoms with Crippen LogP contribution in [-0.4, -0.2) is 41.8 Å². The predicted molar refractivity (Wildman–Crippen MR) is 110 cm³/mol. The maximum atomic E-state index is 12.4. The van der Waals surface area contributed by atoms with Gasteiger partial charge in [0.2, 0.25) is 0 Å². The zero-order valence-electron chi connectivity index (χ0n) is 14.6. The average molecular weight is 495 g/mol. The third-order valence-electron chi connectivity index (χ3n) is 5.85. The van der Waals surface area contributed by atoms with E-state index in [-0.39, 0.29) is 22.6 Å². The van der Waals surface area contributed by atoms with Crippen molar-refractivity contribution in [3.63, 3.8) is 0 Å². The minimum absolute atomic E-state index is 0.0289. The zero-order chi connectivity index (χ0) is 18.9. The molecule has 2 N–H and O–H groups in total. The number of allylic oxidation sites excluding steroid dienone is 2. The Kier molecular flexibility index (Phi) is 3.90. The third kappa shape index (κ3) is 2.36. The maximum absolute atomic E-state index is 12.4. The van der Waals surface area contributed by atoms with Gasteiger partial charge in [-0.15, -0.1) is 0 Å². The molecule has 3 heterocycles. The lowest BCUT2D eigenvalue weighted by Gasteiger charge is -2.44. The first-order valence-corrected chi connectivity index (χ1v) is 10.5. The van der Waals surface area contributed by atoms with E-state index in [1.54, 1.807) is 7.11 Å². The summed E-state index contributed by atoms with van der Waals surface area (Å²) in [5, 5.41) is 16.2. The monoisotopic (exact) mass is 493 g/mol. The van der Waals surface area contributed by atoms with E-state index in [0.29, 0.717) is 35.2 Å². The number of halogens is 2. The molecule has 27 heavy (non-hydrogen) atoms. The second kappa shape index (κ2) is 5.99. The number of methoxy groups -OCH3 is 1. The molecule has 6 nitrogen and oxygen atoms in total. The van der Waals surface area contributed by atoms with Gasteiger partial charge in [-0.1, -0.05) is 22.0 Å². The molecule has 3 aliphatic heterocycles. The van der Waals surface area contributed by atoms with Gasteiger partial charge in [-0.3, -0.25) is 14.8 Å². The van der Waals surface area contributed by atoms with Gasteiger partial charge in [0.1, 0.15) is 11.9 Å². The van der Waals surface area contributed by atoms with Crippen LogP contribution in [0.3, 0.4) is 0 Å². The fourth-order valence-electron chi connectivity index (χ4n) is 4.65. The molecule has 1 aromatic rings. The van der Waals surface area contributed by atoms with Gasteiger partial charge in [0.15, 0.2) is 11.5 Å². The fourth-order valence-corrected chi connectivity index (χ4v) is 6.49. The summed E-state index contributed by atoms with van der Waals surface area (Å²) >= 11 is 7.00. The number of hydrogen-bond donors (Lipinski definition) is 2. The molecule has 1 spiro atoms. The number of hydrogen-bond acceptors (Lipinski definition) is 6. The number of phenols is 1. The molecule has 0 aromatic heterocycles. The number of rotatable bonds is 1. The number of ether oxygens (including phenoxy) is 1. The number of benzene rings is 1. The lowest BCUT2D eigenvalue weighted by atomic mass is 9.67. The summed E-state index contributed by atoms with van der Waals surface area (Å²) < 4.78 is 6.16. The van der Waals surface area contributed by atoms with Gasteiger partial charge in [-0.25, -0.2) is 0 Å². The summed E-state index contributed by atoms with van der Waals surface area (Å²) in [6.07, 6.45) is 5.54. The van der Waals surface area contributed by atoms with Crippen LogP contribution in [0.5, 0.6) is 5.75 Å². The van der Waals surface area contributed by atoms with E-state index < -0.39 is 5.41 Å². The first-order chi connectivity index (χ1) is 12.9. The second-order valence-electron chi connectivity index (χ2n) is 7.34. The molecular weight excluding hydrogens is 478 g/mol. The number of phenolic OH excluding ortho intramolecular Hbond substituents is 1.